The average Bonchev–Trinajstić information content (AvgIpc) is 2.84. The maximum Gasteiger partial charge on any atom is 0.242 e. The van der Waals surface area contributed by atoms with E-state index in [-0.39, 0.29) is 49.3 Å². The molecule has 2 aromatic carbocycles. The molecule has 0 heterocycles. The smallest absolute Gasteiger partial charge is 0.242 e. The van der Waals surface area contributed by atoms with Crippen LogP contribution in [0, 0.1) is 5.82 Å². The Morgan fingerprint density at radius 3 is 2.18 bits per heavy atom. The summed E-state index contributed by atoms with van der Waals surface area (Å²) in [4.78, 5) is 40.1. The van der Waals surface area contributed by atoms with Crippen molar-refractivity contribution in [3.63, 3.8) is 0 Å². The van der Waals surface area contributed by atoms with Gasteiger partial charge in [0.15, 0.2) is 0 Å². The van der Waals surface area contributed by atoms with Gasteiger partial charge >= 0.3 is 0 Å². The first-order chi connectivity index (χ1) is 17.9. The molecule has 0 saturated carbocycles. The fraction of sp³-hybridized carbons (Fsp3) is 0.346. The van der Waals surface area contributed by atoms with E-state index in [1.165, 1.54) is 28.0 Å². The van der Waals surface area contributed by atoms with E-state index >= 15 is 0 Å². The number of sulfonamides is 1. The number of primary amides is 1. The fourth-order valence-corrected chi connectivity index (χ4v) is 4.16. The van der Waals surface area contributed by atoms with E-state index in [2.05, 4.69) is 11.9 Å². The summed E-state index contributed by atoms with van der Waals surface area (Å²) in [5, 5.41) is 8.08. The van der Waals surface area contributed by atoms with Gasteiger partial charge in [0.1, 0.15) is 12.4 Å². The summed E-state index contributed by atoms with van der Waals surface area (Å²) in [5.41, 5.74) is 7.24. The molecule has 5 N–H and O–H groups in total. The number of halogens is 1. The third-order valence-corrected chi connectivity index (χ3v) is 6.50. The summed E-state index contributed by atoms with van der Waals surface area (Å²) < 4.78 is 36.6. The van der Waals surface area contributed by atoms with Gasteiger partial charge in [-0.3, -0.25) is 14.4 Å². The average molecular weight is 548 g/mol. The number of carbonyl (C=O) groups excluding carboxylic acids is 3. The number of primary sulfonamides is 1. The molecular weight excluding hydrogens is 513 g/mol. The van der Waals surface area contributed by atoms with Crippen LogP contribution in [0.1, 0.15) is 18.1 Å². The third kappa shape index (κ3) is 10.4. The topological polar surface area (TPSA) is 156 Å². The van der Waals surface area contributed by atoms with Crippen molar-refractivity contribution < 1.29 is 27.2 Å². The van der Waals surface area contributed by atoms with Crippen LogP contribution in [0.2, 0.25) is 0 Å². The summed E-state index contributed by atoms with van der Waals surface area (Å²) in [6.45, 7) is 5.45. The van der Waals surface area contributed by atoms with Crippen molar-refractivity contribution in [2.75, 3.05) is 39.3 Å². The number of hydrogen-bond acceptors (Lipinski definition) is 6. The molecule has 12 heteroatoms. The first-order valence-corrected chi connectivity index (χ1v) is 13.5. The fourth-order valence-electron chi connectivity index (χ4n) is 3.64. The minimum atomic E-state index is -3.83. The lowest BCUT2D eigenvalue weighted by Crippen LogP contribution is -2.48. The van der Waals surface area contributed by atoms with Gasteiger partial charge in [0, 0.05) is 13.1 Å². The Bertz CT molecular complexity index is 1250. The number of nitrogens with one attached hydrogen (secondary N) is 1. The van der Waals surface area contributed by atoms with Gasteiger partial charge in [0.2, 0.25) is 27.7 Å². The molecular formula is C26H34FN5O5S. The highest BCUT2D eigenvalue weighted by Gasteiger charge is 2.22. The molecule has 0 radical (unpaired) electrons. The highest BCUT2D eigenvalue weighted by Crippen LogP contribution is 2.10. The largest absolute Gasteiger partial charge is 0.368 e. The number of amides is 3. The van der Waals surface area contributed by atoms with Crippen molar-refractivity contribution in [1.82, 2.24) is 15.1 Å². The second-order valence-corrected chi connectivity index (χ2v) is 10.5. The zero-order valence-corrected chi connectivity index (χ0v) is 22.2. The monoisotopic (exact) mass is 547 g/mol. The summed E-state index contributed by atoms with van der Waals surface area (Å²) >= 11 is 0. The predicted molar refractivity (Wildman–Crippen MR) is 142 cm³/mol. The normalized spacial score (nSPS) is 11.1. The van der Waals surface area contributed by atoms with Gasteiger partial charge in [0.05, 0.1) is 18.0 Å². The molecule has 0 saturated heterocycles. The minimum absolute atomic E-state index is 0.0391. The van der Waals surface area contributed by atoms with Crippen molar-refractivity contribution in [3.05, 3.63) is 77.6 Å². The maximum absolute atomic E-state index is 13.8. The molecule has 0 bridgehead atoms. The molecule has 0 spiro atoms. The Labute approximate surface area is 222 Å². The van der Waals surface area contributed by atoms with Gasteiger partial charge in [0.25, 0.3) is 0 Å². The van der Waals surface area contributed by atoms with Crippen LogP contribution in [0.25, 0.3) is 0 Å². The Hall–Kier alpha value is -3.61. The first-order valence-electron chi connectivity index (χ1n) is 11.9. The van der Waals surface area contributed by atoms with Crippen molar-refractivity contribution in [3.8, 4) is 0 Å². The number of carbonyl (C=O) groups is 3. The molecule has 206 valence electrons. The van der Waals surface area contributed by atoms with Crippen LogP contribution < -0.4 is 16.2 Å². The van der Waals surface area contributed by atoms with Crippen molar-refractivity contribution >= 4 is 27.7 Å². The number of nitrogens with two attached hydrogens (primary N) is 2. The predicted octanol–water partition coefficient (Wildman–Crippen LogP) is 0.567. The van der Waals surface area contributed by atoms with Crippen LogP contribution in [-0.4, -0.2) is 75.2 Å². The zero-order valence-electron chi connectivity index (χ0n) is 21.4. The standard InChI is InChI=1S/C26H34FN5O5S/c1-19(2)16-32(25(34)15-30-13-11-21-5-3-4-6-23(21)27)18-26(35)31(17-24(28)33)14-12-20-7-9-22(10-8-20)38(29,36)37/h3-10,30H,1,11-18H2,2H3,(H2,28,33)(H2,29,36,37). The lowest BCUT2D eigenvalue weighted by atomic mass is 10.1. The SMILES string of the molecule is C=C(C)CN(CC(=O)N(CCc1ccc(S(N)(=O)=O)cc1)CC(N)=O)C(=O)CNCCc1ccccc1F. The van der Waals surface area contributed by atoms with Gasteiger partial charge in [-0.1, -0.05) is 42.5 Å². The Kier molecular flexibility index (Phi) is 11.6. The lowest BCUT2D eigenvalue weighted by Gasteiger charge is -2.27. The molecule has 0 atom stereocenters. The molecule has 0 aliphatic heterocycles. The van der Waals surface area contributed by atoms with Crippen molar-refractivity contribution in [2.45, 2.75) is 24.7 Å². The van der Waals surface area contributed by atoms with E-state index < -0.39 is 21.8 Å². The Balaban J connectivity index is 1.99. The van der Waals surface area contributed by atoms with E-state index in [1.54, 1.807) is 37.3 Å². The summed E-state index contributed by atoms with van der Waals surface area (Å²) in [5.74, 6) is -1.86. The number of benzene rings is 2. The van der Waals surface area contributed by atoms with Gasteiger partial charge in [-0.2, -0.15) is 0 Å². The van der Waals surface area contributed by atoms with Crippen LogP contribution in [0.5, 0.6) is 0 Å². The molecule has 0 unspecified atom stereocenters. The van der Waals surface area contributed by atoms with Crippen LogP contribution >= 0.6 is 0 Å². The van der Waals surface area contributed by atoms with Crippen molar-refractivity contribution in [2.24, 2.45) is 10.9 Å². The first kappa shape index (κ1) is 30.6. The summed E-state index contributed by atoms with van der Waals surface area (Å²) in [6, 6.07) is 12.2. The summed E-state index contributed by atoms with van der Waals surface area (Å²) in [7, 11) is -3.83. The van der Waals surface area contributed by atoms with Crippen LogP contribution in [0.15, 0.2) is 65.6 Å². The minimum Gasteiger partial charge on any atom is -0.368 e. The molecule has 0 aromatic heterocycles. The van der Waals surface area contributed by atoms with Gasteiger partial charge in [-0.05, 0) is 55.6 Å². The van der Waals surface area contributed by atoms with E-state index in [0.717, 1.165) is 0 Å². The number of nitrogens with zero attached hydrogens (tertiary/aromatic N) is 2. The van der Waals surface area contributed by atoms with Crippen LogP contribution in [-0.2, 0) is 37.2 Å². The summed E-state index contributed by atoms with van der Waals surface area (Å²) in [6.07, 6.45) is 0.708. The quantitative estimate of drug-likeness (QED) is 0.219. The molecule has 3 amide bonds. The molecule has 0 fully saturated rings. The van der Waals surface area contributed by atoms with E-state index in [9.17, 15) is 27.2 Å². The second kappa shape index (κ2) is 14.4. The van der Waals surface area contributed by atoms with Gasteiger partial charge in [-0.15, -0.1) is 0 Å². The second-order valence-electron chi connectivity index (χ2n) is 8.95. The Morgan fingerprint density at radius 1 is 0.947 bits per heavy atom. The maximum atomic E-state index is 13.8. The third-order valence-electron chi connectivity index (χ3n) is 5.57. The van der Waals surface area contributed by atoms with Gasteiger partial charge in [-0.25, -0.2) is 17.9 Å². The Morgan fingerprint density at radius 2 is 1.61 bits per heavy atom. The van der Waals surface area contributed by atoms with Gasteiger partial charge < -0.3 is 20.9 Å². The number of rotatable bonds is 15. The highest BCUT2D eigenvalue weighted by atomic mass is 32.2. The molecule has 0 aliphatic carbocycles. The van der Waals surface area contributed by atoms with Crippen LogP contribution in [0.3, 0.4) is 0 Å². The highest BCUT2D eigenvalue weighted by molar-refractivity contribution is 7.89. The zero-order chi connectivity index (χ0) is 28.3. The number of hydrogen-bond donors (Lipinski definition) is 3. The lowest BCUT2D eigenvalue weighted by molar-refractivity contribution is -0.141. The van der Waals surface area contributed by atoms with Crippen LogP contribution in [0.4, 0.5) is 4.39 Å². The molecule has 38 heavy (non-hydrogen) atoms. The molecule has 2 rings (SSSR count). The van der Waals surface area contributed by atoms with Crippen molar-refractivity contribution in [1.29, 1.82) is 0 Å². The molecule has 0 aliphatic rings. The van der Waals surface area contributed by atoms with E-state index in [0.29, 0.717) is 36.1 Å². The molecule has 10 nitrogen and oxygen atoms in total. The van der Waals surface area contributed by atoms with E-state index in [1.807, 2.05) is 0 Å². The van der Waals surface area contributed by atoms with E-state index in [4.69, 9.17) is 10.9 Å². The molecule has 2 aromatic rings.